The molecule has 20 heavy (non-hydrogen) atoms. The van der Waals surface area contributed by atoms with Crippen LogP contribution in [0.2, 0.25) is 0 Å². The highest BCUT2D eigenvalue weighted by Crippen LogP contribution is 2.16. The quantitative estimate of drug-likeness (QED) is 0.913. The van der Waals surface area contributed by atoms with E-state index < -0.39 is 0 Å². The Morgan fingerprint density at radius 3 is 2.90 bits per heavy atom. The number of aryl methyl sites for hydroxylation is 1. The molecule has 0 aromatic heterocycles. The van der Waals surface area contributed by atoms with Crippen LogP contribution in [0, 0.1) is 12.7 Å². The van der Waals surface area contributed by atoms with Crippen molar-refractivity contribution in [1.82, 2.24) is 10.2 Å². The normalized spacial score (nSPS) is 21.7. The van der Waals surface area contributed by atoms with Gasteiger partial charge >= 0.3 is 0 Å². The van der Waals surface area contributed by atoms with Crippen molar-refractivity contribution in [1.29, 1.82) is 0 Å². The number of benzene rings is 1. The van der Waals surface area contributed by atoms with Gasteiger partial charge in [-0.05, 0) is 44.4 Å². The number of Topliss-reactive ketones (excluding diaryl/α,β-unsaturated/α-hetero) is 1. The third kappa shape index (κ3) is 3.64. The lowest BCUT2D eigenvalue weighted by Crippen LogP contribution is -2.55. The number of halogens is 1. The van der Waals surface area contributed by atoms with E-state index in [1.165, 1.54) is 6.07 Å². The molecule has 0 bridgehead atoms. The maximum absolute atomic E-state index is 14.0. The summed E-state index contributed by atoms with van der Waals surface area (Å²) in [7, 11) is 0. The molecule has 0 aliphatic carbocycles. The zero-order chi connectivity index (χ0) is 14.7. The van der Waals surface area contributed by atoms with Gasteiger partial charge in [0.1, 0.15) is 11.6 Å². The molecule has 0 radical (unpaired) electrons. The summed E-state index contributed by atoms with van der Waals surface area (Å²) in [5.41, 5.74) is 1.53. The molecule has 1 aliphatic heterocycles. The lowest BCUT2D eigenvalue weighted by molar-refractivity contribution is -0.122. The van der Waals surface area contributed by atoms with E-state index in [0.717, 1.165) is 25.2 Å². The van der Waals surface area contributed by atoms with E-state index in [1.807, 2.05) is 13.0 Å². The average molecular weight is 278 g/mol. The first-order valence-corrected chi connectivity index (χ1v) is 7.20. The first-order chi connectivity index (χ1) is 9.47. The van der Waals surface area contributed by atoms with Gasteiger partial charge in [0.15, 0.2) is 0 Å². The van der Waals surface area contributed by atoms with Crippen molar-refractivity contribution in [3.05, 3.63) is 35.1 Å². The molecule has 1 fully saturated rings. The third-order valence-electron chi connectivity index (χ3n) is 3.93. The van der Waals surface area contributed by atoms with Crippen molar-refractivity contribution in [2.45, 2.75) is 39.3 Å². The predicted molar refractivity (Wildman–Crippen MR) is 78.3 cm³/mol. The third-order valence-corrected chi connectivity index (χ3v) is 3.93. The second-order valence-electron chi connectivity index (χ2n) is 5.78. The minimum absolute atomic E-state index is 0.110. The first kappa shape index (κ1) is 15.1. The summed E-state index contributed by atoms with van der Waals surface area (Å²) in [6, 6.07) is 5.38. The van der Waals surface area contributed by atoms with Crippen LogP contribution >= 0.6 is 0 Å². The molecule has 1 N–H and O–H groups in total. The Kier molecular flexibility index (Phi) is 4.89. The van der Waals surface area contributed by atoms with Crippen molar-refractivity contribution in [2.24, 2.45) is 0 Å². The summed E-state index contributed by atoms with van der Waals surface area (Å²) < 4.78 is 14.0. The number of rotatable bonds is 4. The zero-order valence-corrected chi connectivity index (χ0v) is 12.4. The predicted octanol–water partition coefficient (Wildman–Crippen LogP) is 1.93. The highest BCUT2D eigenvalue weighted by atomic mass is 19.1. The minimum Gasteiger partial charge on any atom is -0.312 e. The minimum atomic E-state index is -0.225. The van der Waals surface area contributed by atoms with Crippen LogP contribution in [-0.4, -0.2) is 42.4 Å². The molecule has 2 rings (SSSR count). The fraction of sp³-hybridized carbons (Fsp3) is 0.562. The van der Waals surface area contributed by atoms with Gasteiger partial charge in [-0.1, -0.05) is 12.1 Å². The van der Waals surface area contributed by atoms with Crippen LogP contribution in [0.4, 0.5) is 4.39 Å². The van der Waals surface area contributed by atoms with Crippen LogP contribution in [0.15, 0.2) is 18.2 Å². The molecule has 1 aromatic carbocycles. The van der Waals surface area contributed by atoms with E-state index in [4.69, 9.17) is 0 Å². The molecular weight excluding hydrogens is 255 g/mol. The van der Waals surface area contributed by atoms with Gasteiger partial charge in [0, 0.05) is 25.7 Å². The second-order valence-corrected chi connectivity index (χ2v) is 5.78. The van der Waals surface area contributed by atoms with Crippen molar-refractivity contribution in [2.75, 3.05) is 19.6 Å². The molecule has 1 heterocycles. The summed E-state index contributed by atoms with van der Waals surface area (Å²) in [6.45, 7) is 8.12. The maximum atomic E-state index is 14.0. The molecule has 0 saturated carbocycles. The van der Waals surface area contributed by atoms with E-state index in [1.54, 1.807) is 13.0 Å². The zero-order valence-electron chi connectivity index (χ0n) is 12.4. The molecule has 4 heteroatoms. The number of piperazine rings is 1. The Morgan fingerprint density at radius 1 is 1.55 bits per heavy atom. The summed E-state index contributed by atoms with van der Waals surface area (Å²) in [5.74, 6) is -0.0986. The maximum Gasteiger partial charge on any atom is 0.147 e. The lowest BCUT2D eigenvalue weighted by Gasteiger charge is -2.36. The highest BCUT2D eigenvalue weighted by Gasteiger charge is 2.27. The van der Waals surface area contributed by atoms with Crippen molar-refractivity contribution < 1.29 is 9.18 Å². The SMILES string of the molecule is CC(=O)[C@H](Cc1ccc(C)cc1F)N1CCN[C@@H](C)C1. The summed E-state index contributed by atoms with van der Waals surface area (Å²) in [5, 5.41) is 3.36. The molecule has 110 valence electrons. The van der Waals surface area contributed by atoms with Gasteiger partial charge < -0.3 is 5.32 Å². The highest BCUT2D eigenvalue weighted by molar-refractivity contribution is 5.81. The molecule has 0 spiro atoms. The number of ketones is 1. The van der Waals surface area contributed by atoms with Gasteiger partial charge in [0.2, 0.25) is 0 Å². The van der Waals surface area contributed by atoms with Gasteiger partial charge in [0.25, 0.3) is 0 Å². The van der Waals surface area contributed by atoms with Gasteiger partial charge in [-0.2, -0.15) is 0 Å². The monoisotopic (exact) mass is 278 g/mol. The van der Waals surface area contributed by atoms with Gasteiger partial charge in [0.05, 0.1) is 6.04 Å². The summed E-state index contributed by atoms with van der Waals surface area (Å²) in [6.07, 6.45) is 0.453. The van der Waals surface area contributed by atoms with E-state index in [9.17, 15) is 9.18 Å². The van der Waals surface area contributed by atoms with Crippen LogP contribution in [0.5, 0.6) is 0 Å². The summed E-state index contributed by atoms with van der Waals surface area (Å²) in [4.78, 5) is 14.1. The van der Waals surface area contributed by atoms with E-state index in [0.29, 0.717) is 18.0 Å². The fourth-order valence-electron chi connectivity index (χ4n) is 2.80. The second kappa shape index (κ2) is 6.46. The Morgan fingerprint density at radius 2 is 2.30 bits per heavy atom. The standard InChI is InChI=1S/C16H23FN2O/c1-11-4-5-14(15(17)8-11)9-16(13(3)20)19-7-6-18-12(2)10-19/h4-5,8,12,16,18H,6-7,9-10H2,1-3H3/t12-,16-/m0/s1. The van der Waals surface area contributed by atoms with Crippen molar-refractivity contribution in [3.8, 4) is 0 Å². The Balaban J connectivity index is 2.14. The number of hydrogen-bond donors (Lipinski definition) is 1. The largest absolute Gasteiger partial charge is 0.312 e. The number of nitrogens with one attached hydrogen (secondary N) is 1. The number of nitrogens with zero attached hydrogens (tertiary/aromatic N) is 1. The van der Waals surface area contributed by atoms with Gasteiger partial charge in [-0.3, -0.25) is 9.69 Å². The molecule has 0 unspecified atom stereocenters. The van der Waals surface area contributed by atoms with Crippen molar-refractivity contribution >= 4 is 5.78 Å². The van der Waals surface area contributed by atoms with E-state index in [2.05, 4.69) is 17.1 Å². The lowest BCUT2D eigenvalue weighted by atomic mass is 9.99. The molecule has 3 nitrogen and oxygen atoms in total. The topological polar surface area (TPSA) is 32.3 Å². The van der Waals surface area contributed by atoms with Crippen LogP contribution in [0.25, 0.3) is 0 Å². The Bertz CT molecular complexity index is 489. The van der Waals surface area contributed by atoms with Crippen LogP contribution in [-0.2, 0) is 11.2 Å². The molecule has 2 atom stereocenters. The summed E-state index contributed by atoms with van der Waals surface area (Å²) >= 11 is 0. The molecule has 0 amide bonds. The smallest absolute Gasteiger partial charge is 0.147 e. The number of carbonyl (C=O) groups excluding carboxylic acids is 1. The van der Waals surface area contributed by atoms with Gasteiger partial charge in [-0.25, -0.2) is 4.39 Å². The Labute approximate surface area is 120 Å². The van der Waals surface area contributed by atoms with Crippen molar-refractivity contribution in [3.63, 3.8) is 0 Å². The fourth-order valence-corrected chi connectivity index (χ4v) is 2.80. The molecular formula is C16H23FN2O. The van der Waals surface area contributed by atoms with E-state index in [-0.39, 0.29) is 17.6 Å². The van der Waals surface area contributed by atoms with Crippen LogP contribution in [0.1, 0.15) is 25.0 Å². The Hall–Kier alpha value is -1.26. The molecule has 1 saturated heterocycles. The molecule has 1 aliphatic rings. The molecule has 1 aromatic rings. The van der Waals surface area contributed by atoms with Crippen LogP contribution < -0.4 is 5.32 Å². The van der Waals surface area contributed by atoms with Gasteiger partial charge in [-0.15, -0.1) is 0 Å². The number of carbonyl (C=O) groups is 1. The average Bonchev–Trinajstić information content (AvgIpc) is 2.37. The number of hydrogen-bond acceptors (Lipinski definition) is 3. The van der Waals surface area contributed by atoms with E-state index >= 15 is 0 Å². The first-order valence-electron chi connectivity index (χ1n) is 7.20. The van der Waals surface area contributed by atoms with Crippen LogP contribution in [0.3, 0.4) is 0 Å².